The zero-order valence-electron chi connectivity index (χ0n) is 16.4. The molecule has 0 unspecified atom stereocenters. The molecule has 148 valence electrons. The first kappa shape index (κ1) is 19.1. The Hall–Kier alpha value is -3.28. The summed E-state index contributed by atoms with van der Waals surface area (Å²) in [4.78, 5) is 44.1. The summed E-state index contributed by atoms with van der Waals surface area (Å²) in [6, 6.07) is 14.8. The summed E-state index contributed by atoms with van der Waals surface area (Å²) in [5, 5.41) is 0.521. The second-order valence-corrected chi connectivity index (χ2v) is 7.53. The number of hydrogen-bond acceptors (Lipinski definition) is 4. The van der Waals surface area contributed by atoms with Gasteiger partial charge in [-0.25, -0.2) is 4.98 Å². The van der Waals surface area contributed by atoms with E-state index >= 15 is 0 Å². The van der Waals surface area contributed by atoms with Crippen LogP contribution in [0.25, 0.3) is 10.9 Å². The van der Waals surface area contributed by atoms with Crippen LogP contribution in [0.5, 0.6) is 0 Å². The van der Waals surface area contributed by atoms with Crippen LogP contribution >= 0.6 is 0 Å². The molecule has 2 heterocycles. The van der Waals surface area contributed by atoms with Crippen molar-refractivity contribution >= 4 is 22.6 Å². The molecule has 0 N–H and O–H groups in total. The van der Waals surface area contributed by atoms with E-state index in [-0.39, 0.29) is 29.7 Å². The van der Waals surface area contributed by atoms with Crippen LogP contribution in [0.4, 0.5) is 0 Å². The lowest BCUT2D eigenvalue weighted by molar-refractivity contribution is -0.133. The third-order valence-corrected chi connectivity index (χ3v) is 5.64. The number of likely N-dealkylation sites (tertiary alicyclic amines) is 1. The fourth-order valence-electron chi connectivity index (χ4n) is 3.93. The Morgan fingerprint density at radius 2 is 1.76 bits per heavy atom. The van der Waals surface area contributed by atoms with Gasteiger partial charge in [0.2, 0.25) is 5.91 Å². The minimum absolute atomic E-state index is 0.0347. The molecule has 2 aromatic carbocycles. The summed E-state index contributed by atoms with van der Waals surface area (Å²) < 4.78 is 1.37. The highest BCUT2D eigenvalue weighted by molar-refractivity contribution is 5.98. The zero-order valence-corrected chi connectivity index (χ0v) is 16.4. The zero-order chi connectivity index (χ0) is 20.4. The van der Waals surface area contributed by atoms with Gasteiger partial charge in [0.1, 0.15) is 6.54 Å². The molecule has 3 aromatic rings. The van der Waals surface area contributed by atoms with E-state index in [9.17, 15) is 14.4 Å². The van der Waals surface area contributed by atoms with Gasteiger partial charge >= 0.3 is 0 Å². The number of para-hydroxylation sites is 1. The Labute approximate surface area is 168 Å². The summed E-state index contributed by atoms with van der Waals surface area (Å²) in [5.41, 5.74) is 2.12. The molecular weight excluding hydrogens is 366 g/mol. The molecule has 0 bridgehead atoms. The fourth-order valence-corrected chi connectivity index (χ4v) is 3.93. The molecule has 0 radical (unpaired) electrons. The second-order valence-electron chi connectivity index (χ2n) is 7.53. The summed E-state index contributed by atoms with van der Waals surface area (Å²) in [6.45, 7) is 2.92. The van der Waals surface area contributed by atoms with Crippen LogP contribution in [0.2, 0.25) is 0 Å². The van der Waals surface area contributed by atoms with Gasteiger partial charge in [0.15, 0.2) is 5.78 Å². The molecule has 0 atom stereocenters. The number of amides is 1. The van der Waals surface area contributed by atoms with Crippen molar-refractivity contribution in [1.29, 1.82) is 0 Å². The van der Waals surface area contributed by atoms with E-state index in [1.807, 2.05) is 49.4 Å². The minimum atomic E-state index is -0.207. The number of piperidine rings is 1. The average Bonchev–Trinajstić information content (AvgIpc) is 2.76. The molecule has 29 heavy (non-hydrogen) atoms. The van der Waals surface area contributed by atoms with Gasteiger partial charge in [-0.3, -0.25) is 19.0 Å². The first-order valence-electron chi connectivity index (χ1n) is 9.86. The quantitative estimate of drug-likeness (QED) is 0.643. The number of nitrogens with zero attached hydrogens (tertiary/aromatic N) is 3. The Morgan fingerprint density at radius 3 is 2.48 bits per heavy atom. The lowest BCUT2D eigenvalue weighted by Crippen LogP contribution is -2.42. The van der Waals surface area contributed by atoms with E-state index < -0.39 is 0 Å². The van der Waals surface area contributed by atoms with E-state index in [2.05, 4.69) is 4.98 Å². The van der Waals surface area contributed by atoms with E-state index in [1.54, 1.807) is 11.0 Å². The van der Waals surface area contributed by atoms with Crippen molar-refractivity contribution < 1.29 is 9.59 Å². The van der Waals surface area contributed by atoms with Crippen molar-refractivity contribution in [2.24, 2.45) is 5.92 Å². The van der Waals surface area contributed by atoms with Crippen molar-refractivity contribution in [3.05, 3.63) is 76.3 Å². The van der Waals surface area contributed by atoms with Gasteiger partial charge in [0, 0.05) is 24.6 Å². The van der Waals surface area contributed by atoms with Crippen LogP contribution in [0.15, 0.2) is 59.7 Å². The first-order chi connectivity index (χ1) is 14.0. The highest BCUT2D eigenvalue weighted by atomic mass is 16.2. The van der Waals surface area contributed by atoms with E-state index in [1.165, 1.54) is 10.9 Å². The molecule has 1 saturated heterocycles. The molecule has 1 aliphatic rings. The fraction of sp³-hybridized carbons (Fsp3) is 0.304. The van der Waals surface area contributed by atoms with Gasteiger partial charge in [-0.2, -0.15) is 0 Å². The molecule has 6 heteroatoms. The van der Waals surface area contributed by atoms with Crippen molar-refractivity contribution in [2.45, 2.75) is 26.3 Å². The standard InChI is InChI=1S/C23H23N3O3/c1-16-6-5-9-19-21(16)24-15-26(23(19)29)14-20(27)25-12-10-18(11-13-25)22(28)17-7-3-2-4-8-17/h2-9,15,18H,10-14H2,1H3. The molecule has 0 aliphatic carbocycles. The number of benzene rings is 2. The number of aryl methyl sites for hydroxylation is 1. The second kappa shape index (κ2) is 7.99. The number of ketones is 1. The van der Waals surface area contributed by atoms with E-state index in [0.29, 0.717) is 36.8 Å². The first-order valence-corrected chi connectivity index (χ1v) is 9.86. The maximum Gasteiger partial charge on any atom is 0.261 e. The minimum Gasteiger partial charge on any atom is -0.341 e. The Kier molecular flexibility index (Phi) is 5.25. The third kappa shape index (κ3) is 3.83. The largest absolute Gasteiger partial charge is 0.341 e. The normalized spacial score (nSPS) is 14.9. The van der Waals surface area contributed by atoms with Crippen molar-refractivity contribution in [1.82, 2.24) is 14.5 Å². The SMILES string of the molecule is Cc1cccc2c(=O)n(CC(=O)N3CCC(C(=O)c4ccccc4)CC3)cnc12. The Balaban J connectivity index is 1.42. The molecule has 6 nitrogen and oxygen atoms in total. The van der Waals surface area contributed by atoms with Gasteiger partial charge in [-0.15, -0.1) is 0 Å². The Bertz CT molecular complexity index is 1110. The number of Topliss-reactive ketones (excluding diaryl/α,β-unsaturated/α-hetero) is 1. The lowest BCUT2D eigenvalue weighted by atomic mass is 9.89. The lowest BCUT2D eigenvalue weighted by Gasteiger charge is -2.31. The maximum atomic E-state index is 12.7. The molecule has 1 aliphatic heterocycles. The monoisotopic (exact) mass is 389 g/mol. The molecular formula is C23H23N3O3. The summed E-state index contributed by atoms with van der Waals surface area (Å²) >= 11 is 0. The molecule has 0 saturated carbocycles. The van der Waals surface area contributed by atoms with Crippen LogP contribution in [0, 0.1) is 12.8 Å². The van der Waals surface area contributed by atoms with Crippen LogP contribution in [-0.2, 0) is 11.3 Å². The van der Waals surface area contributed by atoms with Crippen molar-refractivity contribution in [3.8, 4) is 0 Å². The Morgan fingerprint density at radius 1 is 1.03 bits per heavy atom. The van der Waals surface area contributed by atoms with Gasteiger partial charge < -0.3 is 4.90 Å². The average molecular weight is 389 g/mol. The highest BCUT2D eigenvalue weighted by Gasteiger charge is 2.28. The number of rotatable bonds is 4. The van der Waals surface area contributed by atoms with Crippen LogP contribution < -0.4 is 5.56 Å². The van der Waals surface area contributed by atoms with Crippen LogP contribution in [0.3, 0.4) is 0 Å². The topological polar surface area (TPSA) is 72.3 Å². The maximum absolute atomic E-state index is 12.7. The van der Waals surface area contributed by atoms with Gasteiger partial charge in [-0.05, 0) is 31.4 Å². The molecule has 1 aromatic heterocycles. The predicted molar refractivity (Wildman–Crippen MR) is 111 cm³/mol. The van der Waals surface area contributed by atoms with E-state index in [0.717, 1.165) is 11.1 Å². The third-order valence-electron chi connectivity index (χ3n) is 5.64. The molecule has 1 amide bonds. The van der Waals surface area contributed by atoms with Crippen LogP contribution in [-0.4, -0.2) is 39.2 Å². The molecule has 0 spiro atoms. The smallest absolute Gasteiger partial charge is 0.261 e. The summed E-state index contributed by atoms with van der Waals surface area (Å²) in [7, 11) is 0. The predicted octanol–water partition coefficient (Wildman–Crippen LogP) is 2.83. The summed E-state index contributed by atoms with van der Waals surface area (Å²) in [5.74, 6) is -0.0380. The summed E-state index contributed by atoms with van der Waals surface area (Å²) in [6.07, 6.45) is 2.73. The molecule has 4 rings (SSSR count). The van der Waals surface area contributed by atoms with Crippen molar-refractivity contribution in [2.75, 3.05) is 13.1 Å². The van der Waals surface area contributed by atoms with Gasteiger partial charge in [-0.1, -0.05) is 42.5 Å². The number of hydrogen-bond donors (Lipinski definition) is 0. The van der Waals surface area contributed by atoms with Gasteiger partial charge in [0.05, 0.1) is 17.2 Å². The van der Waals surface area contributed by atoms with E-state index in [4.69, 9.17) is 0 Å². The number of carbonyl (C=O) groups is 2. The number of carbonyl (C=O) groups excluding carboxylic acids is 2. The van der Waals surface area contributed by atoms with Gasteiger partial charge in [0.25, 0.3) is 5.56 Å². The number of aromatic nitrogens is 2. The molecule has 1 fully saturated rings. The highest BCUT2D eigenvalue weighted by Crippen LogP contribution is 2.22. The number of fused-ring (bicyclic) bond motifs is 1. The van der Waals surface area contributed by atoms with Crippen molar-refractivity contribution in [3.63, 3.8) is 0 Å². The van der Waals surface area contributed by atoms with Crippen LogP contribution in [0.1, 0.15) is 28.8 Å².